The van der Waals surface area contributed by atoms with Crippen LogP contribution in [0.5, 0.6) is 0 Å². The van der Waals surface area contributed by atoms with Crippen molar-refractivity contribution in [3.05, 3.63) is 42.8 Å². The van der Waals surface area contributed by atoms with Crippen LogP contribution < -0.4 is 0 Å². The summed E-state index contributed by atoms with van der Waals surface area (Å²) in [6.45, 7) is -0.120. The summed E-state index contributed by atoms with van der Waals surface area (Å²) in [4.78, 5) is 15.0. The molecule has 0 bridgehead atoms. The van der Waals surface area contributed by atoms with Gasteiger partial charge in [-0.1, -0.05) is 18.2 Å². The maximum atomic E-state index is 11.0. The van der Waals surface area contributed by atoms with Gasteiger partial charge in [0.15, 0.2) is 0 Å². The molecule has 0 amide bonds. The molecule has 2 aromatic heterocycles. The smallest absolute Gasteiger partial charge is 0.323 e. The highest BCUT2D eigenvalue weighted by atomic mass is 16.4. The number of fused-ring (bicyclic) bond motifs is 1. The third-order valence-electron chi connectivity index (χ3n) is 2.76. The van der Waals surface area contributed by atoms with Gasteiger partial charge >= 0.3 is 5.97 Å². The predicted octanol–water partition coefficient (Wildman–Crippen LogP) is 2.38. The Hall–Kier alpha value is -2.56. The van der Waals surface area contributed by atoms with Gasteiger partial charge in [0.2, 0.25) is 5.89 Å². The Morgan fingerprint density at radius 1 is 1.39 bits per heavy atom. The number of oxazole rings is 1. The van der Waals surface area contributed by atoms with Crippen LogP contribution in [0.2, 0.25) is 0 Å². The summed E-state index contributed by atoms with van der Waals surface area (Å²) in [6, 6.07) is 9.47. The number of carbonyl (C=O) groups is 1. The lowest BCUT2D eigenvalue weighted by atomic mass is 10.2. The first kappa shape index (κ1) is 10.6. The Bertz CT molecular complexity index is 698. The third kappa shape index (κ3) is 1.66. The minimum Gasteiger partial charge on any atom is -0.480 e. The zero-order valence-electron chi connectivity index (χ0n) is 9.41. The Kier molecular flexibility index (Phi) is 2.37. The minimum absolute atomic E-state index is 0.120. The zero-order chi connectivity index (χ0) is 12.5. The van der Waals surface area contributed by atoms with E-state index in [0.717, 1.165) is 10.9 Å². The summed E-state index contributed by atoms with van der Waals surface area (Å²) < 4.78 is 6.93. The summed E-state index contributed by atoms with van der Waals surface area (Å²) in [5.74, 6) is -0.475. The van der Waals surface area contributed by atoms with Crippen molar-refractivity contribution < 1.29 is 14.3 Å². The molecule has 0 aliphatic rings. The monoisotopic (exact) mass is 242 g/mol. The number of rotatable bonds is 3. The van der Waals surface area contributed by atoms with Gasteiger partial charge in [-0.05, 0) is 12.1 Å². The van der Waals surface area contributed by atoms with Crippen LogP contribution in [0.25, 0.3) is 22.5 Å². The molecule has 1 aromatic carbocycles. The molecule has 0 aliphatic heterocycles. The fourth-order valence-electron chi connectivity index (χ4n) is 2.04. The van der Waals surface area contributed by atoms with Gasteiger partial charge in [-0.15, -0.1) is 0 Å². The molecule has 90 valence electrons. The second-order valence-corrected chi connectivity index (χ2v) is 3.91. The second kappa shape index (κ2) is 4.03. The molecule has 18 heavy (non-hydrogen) atoms. The lowest BCUT2D eigenvalue weighted by Gasteiger charge is -2.04. The normalized spacial score (nSPS) is 10.9. The summed E-state index contributed by atoms with van der Waals surface area (Å²) in [6.07, 6.45) is 3.01. The third-order valence-corrected chi connectivity index (χ3v) is 2.76. The van der Waals surface area contributed by atoms with Crippen molar-refractivity contribution in [2.24, 2.45) is 0 Å². The van der Waals surface area contributed by atoms with Gasteiger partial charge in [-0.25, -0.2) is 4.98 Å². The van der Waals surface area contributed by atoms with Crippen LogP contribution >= 0.6 is 0 Å². The van der Waals surface area contributed by atoms with Gasteiger partial charge in [0.25, 0.3) is 0 Å². The fourth-order valence-corrected chi connectivity index (χ4v) is 2.04. The van der Waals surface area contributed by atoms with Crippen molar-refractivity contribution >= 4 is 16.9 Å². The van der Waals surface area contributed by atoms with E-state index in [1.165, 1.54) is 12.5 Å². The molecule has 3 aromatic rings. The minimum atomic E-state index is -0.899. The van der Waals surface area contributed by atoms with E-state index >= 15 is 0 Å². The van der Waals surface area contributed by atoms with E-state index in [1.807, 2.05) is 30.3 Å². The SMILES string of the molecule is O=C(O)Cn1c(-c2ncco2)cc2ccccc21. The van der Waals surface area contributed by atoms with E-state index in [2.05, 4.69) is 4.98 Å². The molecule has 5 heteroatoms. The standard InChI is InChI=1S/C13H10N2O3/c16-12(17)8-15-10-4-2-1-3-9(10)7-11(15)13-14-5-6-18-13/h1-7H,8H2,(H,16,17). The number of aromatic nitrogens is 2. The Morgan fingerprint density at radius 2 is 2.22 bits per heavy atom. The molecule has 0 spiro atoms. The summed E-state index contributed by atoms with van der Waals surface area (Å²) in [5.41, 5.74) is 1.52. The quantitative estimate of drug-likeness (QED) is 0.765. The first-order chi connectivity index (χ1) is 8.75. The second-order valence-electron chi connectivity index (χ2n) is 3.91. The van der Waals surface area contributed by atoms with E-state index < -0.39 is 5.97 Å². The average Bonchev–Trinajstić information content (AvgIpc) is 2.96. The van der Waals surface area contributed by atoms with E-state index in [1.54, 1.807) is 4.57 Å². The van der Waals surface area contributed by atoms with Gasteiger partial charge in [0.1, 0.15) is 18.5 Å². The fraction of sp³-hybridized carbons (Fsp3) is 0.0769. The average molecular weight is 242 g/mol. The number of para-hydroxylation sites is 1. The summed E-state index contributed by atoms with van der Waals surface area (Å²) in [7, 11) is 0. The highest BCUT2D eigenvalue weighted by Gasteiger charge is 2.15. The molecule has 0 fully saturated rings. The molecule has 0 saturated heterocycles. The maximum absolute atomic E-state index is 11.0. The lowest BCUT2D eigenvalue weighted by molar-refractivity contribution is -0.137. The molecule has 1 N–H and O–H groups in total. The molecule has 0 saturated carbocycles. The zero-order valence-corrected chi connectivity index (χ0v) is 9.41. The Morgan fingerprint density at radius 3 is 2.94 bits per heavy atom. The first-order valence-corrected chi connectivity index (χ1v) is 5.45. The van der Waals surface area contributed by atoms with E-state index in [-0.39, 0.29) is 6.54 Å². The van der Waals surface area contributed by atoms with Gasteiger partial charge in [0.05, 0.1) is 6.20 Å². The largest absolute Gasteiger partial charge is 0.480 e. The number of hydrogen-bond donors (Lipinski definition) is 1. The topological polar surface area (TPSA) is 68.3 Å². The molecule has 0 aliphatic carbocycles. The van der Waals surface area contributed by atoms with Crippen LogP contribution in [0.15, 0.2) is 47.2 Å². The highest BCUT2D eigenvalue weighted by molar-refractivity contribution is 5.87. The van der Waals surface area contributed by atoms with Gasteiger partial charge < -0.3 is 14.1 Å². The molecular formula is C13H10N2O3. The summed E-state index contributed by atoms with van der Waals surface area (Å²) in [5, 5.41) is 9.96. The Balaban J connectivity index is 2.26. The Labute approximate surface area is 102 Å². The van der Waals surface area contributed by atoms with E-state index in [9.17, 15) is 4.79 Å². The molecular weight excluding hydrogens is 232 g/mol. The van der Waals surface area contributed by atoms with Crippen LogP contribution in [0.1, 0.15) is 0 Å². The van der Waals surface area contributed by atoms with Crippen LogP contribution in [0.3, 0.4) is 0 Å². The van der Waals surface area contributed by atoms with Crippen molar-refractivity contribution in [2.45, 2.75) is 6.54 Å². The predicted molar refractivity (Wildman–Crippen MR) is 65.1 cm³/mol. The number of benzene rings is 1. The van der Waals surface area contributed by atoms with Gasteiger partial charge in [-0.2, -0.15) is 0 Å². The molecule has 3 rings (SSSR count). The van der Waals surface area contributed by atoms with Crippen molar-refractivity contribution in [1.82, 2.24) is 9.55 Å². The molecule has 5 nitrogen and oxygen atoms in total. The number of aliphatic carboxylic acids is 1. The first-order valence-electron chi connectivity index (χ1n) is 5.45. The molecule has 0 radical (unpaired) electrons. The number of carboxylic acid groups (broad SMARTS) is 1. The van der Waals surface area contributed by atoms with Crippen LogP contribution in [-0.2, 0) is 11.3 Å². The van der Waals surface area contributed by atoms with Gasteiger partial charge in [0, 0.05) is 10.9 Å². The maximum Gasteiger partial charge on any atom is 0.323 e. The lowest BCUT2D eigenvalue weighted by Crippen LogP contribution is -2.09. The number of nitrogens with zero attached hydrogens (tertiary/aromatic N) is 2. The highest BCUT2D eigenvalue weighted by Crippen LogP contribution is 2.27. The molecule has 0 atom stereocenters. The van der Waals surface area contributed by atoms with Gasteiger partial charge in [-0.3, -0.25) is 4.79 Å². The van der Waals surface area contributed by atoms with Crippen LogP contribution in [0, 0.1) is 0 Å². The summed E-state index contributed by atoms with van der Waals surface area (Å²) >= 11 is 0. The molecule has 2 heterocycles. The van der Waals surface area contributed by atoms with E-state index in [4.69, 9.17) is 9.52 Å². The van der Waals surface area contributed by atoms with Crippen molar-refractivity contribution in [3.8, 4) is 11.6 Å². The van der Waals surface area contributed by atoms with Crippen molar-refractivity contribution in [2.75, 3.05) is 0 Å². The number of carboxylic acids is 1. The van der Waals surface area contributed by atoms with Crippen molar-refractivity contribution in [3.63, 3.8) is 0 Å². The van der Waals surface area contributed by atoms with Crippen molar-refractivity contribution in [1.29, 1.82) is 0 Å². The van der Waals surface area contributed by atoms with Crippen LogP contribution in [0.4, 0.5) is 0 Å². The van der Waals surface area contributed by atoms with E-state index in [0.29, 0.717) is 11.6 Å². The molecule has 0 unspecified atom stereocenters. The number of hydrogen-bond acceptors (Lipinski definition) is 3. The van der Waals surface area contributed by atoms with Crippen LogP contribution in [-0.4, -0.2) is 20.6 Å².